The molecule has 1 heterocycles. The van der Waals surface area contributed by atoms with Gasteiger partial charge in [0.25, 0.3) is 0 Å². The van der Waals surface area contributed by atoms with Crippen LogP contribution >= 0.6 is 0 Å². The van der Waals surface area contributed by atoms with Crippen LogP contribution in [0.2, 0.25) is 0 Å². The molecule has 1 fully saturated rings. The lowest BCUT2D eigenvalue weighted by Crippen LogP contribution is -2.44. The Bertz CT molecular complexity index is 196. The molecule has 0 radical (unpaired) electrons. The van der Waals surface area contributed by atoms with Gasteiger partial charge < -0.3 is 20.6 Å². The Morgan fingerprint density at radius 3 is 2.93 bits per heavy atom. The zero-order valence-corrected chi connectivity index (χ0v) is 8.79. The zero-order chi connectivity index (χ0) is 10.6. The van der Waals surface area contributed by atoms with Gasteiger partial charge in [0.2, 0.25) is 0 Å². The molecule has 0 spiro atoms. The van der Waals surface area contributed by atoms with E-state index < -0.39 is 6.10 Å². The van der Waals surface area contributed by atoms with Gasteiger partial charge in [-0.3, -0.25) is 0 Å². The first-order valence-corrected chi connectivity index (χ1v) is 4.99. The highest BCUT2D eigenvalue weighted by Gasteiger charge is 2.20. The first-order chi connectivity index (χ1) is 6.58. The molecule has 1 aliphatic rings. The lowest BCUT2D eigenvalue weighted by Gasteiger charge is -2.14. The molecule has 5 heteroatoms. The molecule has 3 N–H and O–H groups in total. The number of urea groups is 1. The summed E-state index contributed by atoms with van der Waals surface area (Å²) in [6.07, 6.45) is 0.505. The molecule has 14 heavy (non-hydrogen) atoms. The van der Waals surface area contributed by atoms with Gasteiger partial charge in [-0.2, -0.15) is 0 Å². The largest absolute Gasteiger partial charge is 0.392 e. The van der Waals surface area contributed by atoms with Crippen LogP contribution in [0.15, 0.2) is 0 Å². The third-order valence-electron chi connectivity index (χ3n) is 2.28. The number of likely N-dealkylation sites (N-methyl/N-ethyl adjacent to an activating group) is 1. The Morgan fingerprint density at radius 2 is 2.43 bits per heavy atom. The van der Waals surface area contributed by atoms with Crippen molar-refractivity contribution in [1.29, 1.82) is 0 Å². The number of hydrogen-bond acceptors (Lipinski definition) is 3. The zero-order valence-electron chi connectivity index (χ0n) is 8.79. The van der Waals surface area contributed by atoms with E-state index >= 15 is 0 Å². The highest BCUT2D eigenvalue weighted by Crippen LogP contribution is 2.05. The number of aliphatic hydroxyl groups excluding tert-OH is 1. The number of carbonyl (C=O) groups is 1. The van der Waals surface area contributed by atoms with Crippen molar-refractivity contribution in [3.8, 4) is 0 Å². The Kier molecular flexibility index (Phi) is 4.16. The second-order valence-corrected chi connectivity index (χ2v) is 3.95. The van der Waals surface area contributed by atoms with E-state index in [0.717, 1.165) is 19.5 Å². The van der Waals surface area contributed by atoms with E-state index in [1.165, 1.54) is 0 Å². The van der Waals surface area contributed by atoms with Crippen LogP contribution in [0.25, 0.3) is 0 Å². The molecule has 82 valence electrons. The summed E-state index contributed by atoms with van der Waals surface area (Å²) in [5.41, 5.74) is 0. The minimum atomic E-state index is -0.494. The van der Waals surface area contributed by atoms with Gasteiger partial charge in [-0.15, -0.1) is 0 Å². The fraction of sp³-hybridized carbons (Fsp3) is 0.889. The summed E-state index contributed by atoms with van der Waals surface area (Å²) in [7, 11) is 2.04. The predicted molar refractivity (Wildman–Crippen MR) is 54.1 cm³/mol. The van der Waals surface area contributed by atoms with Crippen molar-refractivity contribution in [2.45, 2.75) is 25.5 Å². The molecule has 1 aliphatic heterocycles. The smallest absolute Gasteiger partial charge is 0.315 e. The van der Waals surface area contributed by atoms with Gasteiger partial charge in [-0.25, -0.2) is 4.79 Å². The lowest BCUT2D eigenvalue weighted by atomic mass is 10.3. The third kappa shape index (κ3) is 3.93. The summed E-state index contributed by atoms with van der Waals surface area (Å²) in [4.78, 5) is 13.4. The van der Waals surface area contributed by atoms with Gasteiger partial charge in [0.05, 0.1) is 6.10 Å². The van der Waals surface area contributed by atoms with Crippen molar-refractivity contribution >= 4 is 6.03 Å². The van der Waals surface area contributed by atoms with Gasteiger partial charge in [0.1, 0.15) is 0 Å². The standard InChI is InChI=1S/C9H19N3O2/c1-7(13)5-10-9(14)11-8-3-4-12(2)6-8/h7-8,13H,3-6H2,1-2H3,(H2,10,11,14). The monoisotopic (exact) mass is 201 g/mol. The van der Waals surface area contributed by atoms with E-state index in [-0.39, 0.29) is 12.1 Å². The minimum Gasteiger partial charge on any atom is -0.392 e. The summed E-state index contributed by atoms with van der Waals surface area (Å²) in [5, 5.41) is 14.4. The quantitative estimate of drug-likeness (QED) is 0.569. The average molecular weight is 201 g/mol. The van der Waals surface area contributed by atoms with Crippen molar-refractivity contribution in [2.75, 3.05) is 26.7 Å². The predicted octanol–water partition coefficient (Wildman–Crippen LogP) is -0.629. The second-order valence-electron chi connectivity index (χ2n) is 3.95. The van der Waals surface area contributed by atoms with Gasteiger partial charge in [-0.1, -0.05) is 0 Å². The number of hydrogen-bond donors (Lipinski definition) is 3. The van der Waals surface area contributed by atoms with Gasteiger partial charge >= 0.3 is 6.03 Å². The summed E-state index contributed by atoms with van der Waals surface area (Å²) >= 11 is 0. The van der Waals surface area contributed by atoms with Crippen molar-refractivity contribution in [3.05, 3.63) is 0 Å². The van der Waals surface area contributed by atoms with E-state index in [0.29, 0.717) is 6.54 Å². The normalized spacial score (nSPS) is 24.6. The molecular weight excluding hydrogens is 182 g/mol. The van der Waals surface area contributed by atoms with Gasteiger partial charge in [0, 0.05) is 19.1 Å². The number of aliphatic hydroxyl groups is 1. The molecule has 0 saturated carbocycles. The van der Waals surface area contributed by atoms with Crippen LogP contribution in [0.3, 0.4) is 0 Å². The number of likely N-dealkylation sites (tertiary alicyclic amines) is 1. The molecule has 0 aromatic rings. The third-order valence-corrected chi connectivity index (χ3v) is 2.28. The summed E-state index contributed by atoms with van der Waals surface area (Å²) in [5.74, 6) is 0. The molecule has 5 nitrogen and oxygen atoms in total. The van der Waals surface area contributed by atoms with E-state index in [9.17, 15) is 4.79 Å². The van der Waals surface area contributed by atoms with Crippen LogP contribution < -0.4 is 10.6 Å². The molecule has 0 aliphatic carbocycles. The summed E-state index contributed by atoms with van der Waals surface area (Å²) in [6, 6.07) is 0.0557. The van der Waals surface area contributed by atoms with Crippen LogP contribution in [0.5, 0.6) is 0 Å². The maximum absolute atomic E-state index is 11.3. The molecule has 0 aromatic heterocycles. The number of carbonyl (C=O) groups excluding carboxylic acids is 1. The molecule has 2 amide bonds. The van der Waals surface area contributed by atoms with Gasteiger partial charge in [0.15, 0.2) is 0 Å². The SMILES string of the molecule is CC(O)CNC(=O)NC1CCN(C)C1. The first-order valence-electron chi connectivity index (χ1n) is 4.99. The number of amides is 2. The molecule has 1 rings (SSSR count). The minimum absolute atomic E-state index is 0.189. The number of nitrogens with zero attached hydrogens (tertiary/aromatic N) is 1. The maximum Gasteiger partial charge on any atom is 0.315 e. The number of nitrogens with one attached hydrogen (secondary N) is 2. The van der Waals surface area contributed by atoms with Crippen molar-refractivity contribution in [3.63, 3.8) is 0 Å². The Balaban J connectivity index is 2.14. The molecule has 2 atom stereocenters. The van der Waals surface area contributed by atoms with E-state index in [4.69, 9.17) is 5.11 Å². The fourth-order valence-electron chi connectivity index (χ4n) is 1.53. The van der Waals surface area contributed by atoms with Crippen LogP contribution in [0.1, 0.15) is 13.3 Å². The van der Waals surface area contributed by atoms with Crippen molar-refractivity contribution in [1.82, 2.24) is 15.5 Å². The second kappa shape index (κ2) is 5.17. The van der Waals surface area contributed by atoms with Crippen LogP contribution in [-0.4, -0.2) is 54.9 Å². The lowest BCUT2D eigenvalue weighted by molar-refractivity contribution is 0.186. The van der Waals surface area contributed by atoms with Crippen LogP contribution in [-0.2, 0) is 0 Å². The average Bonchev–Trinajstić information content (AvgIpc) is 2.48. The summed E-state index contributed by atoms with van der Waals surface area (Å²) in [6.45, 7) is 3.88. The summed E-state index contributed by atoms with van der Waals surface area (Å²) < 4.78 is 0. The van der Waals surface area contributed by atoms with Crippen LogP contribution in [0, 0.1) is 0 Å². The molecule has 2 unspecified atom stereocenters. The highest BCUT2D eigenvalue weighted by molar-refractivity contribution is 5.74. The van der Waals surface area contributed by atoms with Crippen molar-refractivity contribution in [2.24, 2.45) is 0 Å². The van der Waals surface area contributed by atoms with Crippen molar-refractivity contribution < 1.29 is 9.90 Å². The highest BCUT2D eigenvalue weighted by atomic mass is 16.3. The Morgan fingerprint density at radius 1 is 1.71 bits per heavy atom. The molecular formula is C9H19N3O2. The van der Waals surface area contributed by atoms with Crippen LogP contribution in [0.4, 0.5) is 4.79 Å². The van der Waals surface area contributed by atoms with Gasteiger partial charge in [-0.05, 0) is 26.9 Å². The molecule has 1 saturated heterocycles. The first kappa shape index (κ1) is 11.3. The Labute approximate surface area is 84.5 Å². The van der Waals surface area contributed by atoms with E-state index in [1.54, 1.807) is 6.92 Å². The Hall–Kier alpha value is -0.810. The van der Waals surface area contributed by atoms with E-state index in [1.807, 2.05) is 7.05 Å². The maximum atomic E-state index is 11.3. The fourth-order valence-corrected chi connectivity index (χ4v) is 1.53. The topological polar surface area (TPSA) is 64.6 Å². The van der Waals surface area contributed by atoms with E-state index in [2.05, 4.69) is 15.5 Å². The number of rotatable bonds is 3. The molecule has 0 bridgehead atoms. The molecule has 0 aromatic carbocycles.